The van der Waals surface area contributed by atoms with Crippen LogP contribution >= 0.6 is 0 Å². The fourth-order valence-corrected chi connectivity index (χ4v) is 4.08. The summed E-state index contributed by atoms with van der Waals surface area (Å²) >= 11 is 0. The second kappa shape index (κ2) is 10.0. The fraction of sp³-hybridized carbons (Fsp3) is 0.192. The van der Waals surface area contributed by atoms with Crippen molar-refractivity contribution < 1.29 is 27.5 Å². The van der Waals surface area contributed by atoms with Crippen molar-refractivity contribution in [2.24, 2.45) is 5.84 Å². The van der Waals surface area contributed by atoms with Crippen molar-refractivity contribution in [2.45, 2.75) is 26.6 Å². The summed E-state index contributed by atoms with van der Waals surface area (Å²) in [5.41, 5.74) is 1.39. The van der Waals surface area contributed by atoms with Gasteiger partial charge in [0.05, 0.1) is 27.9 Å². The first-order valence-electron chi connectivity index (χ1n) is 11.1. The Kier molecular flexibility index (Phi) is 7.01. The Labute approximate surface area is 210 Å². The van der Waals surface area contributed by atoms with E-state index in [-0.39, 0.29) is 23.4 Å². The summed E-state index contributed by atoms with van der Waals surface area (Å²) in [6, 6.07) is 12.6. The Morgan fingerprint density at radius 3 is 2.38 bits per heavy atom. The van der Waals surface area contributed by atoms with Gasteiger partial charge in [-0.1, -0.05) is 18.2 Å². The van der Waals surface area contributed by atoms with Gasteiger partial charge in [0.1, 0.15) is 17.9 Å². The number of nitrogens with zero attached hydrogens (tertiary/aromatic N) is 2. The maximum Gasteiger partial charge on any atom is 0.417 e. The molecule has 1 aromatic heterocycles. The summed E-state index contributed by atoms with van der Waals surface area (Å²) in [4.78, 5) is 33.8. The second-order valence-corrected chi connectivity index (χ2v) is 8.56. The smallest absolute Gasteiger partial charge is 0.377 e. The van der Waals surface area contributed by atoms with Gasteiger partial charge in [0.25, 0.3) is 11.8 Å². The number of H-pyrrole nitrogens is 1. The number of hydrogen-bond acceptors (Lipinski definition) is 5. The zero-order chi connectivity index (χ0) is 26.9. The van der Waals surface area contributed by atoms with Crippen molar-refractivity contribution in [3.05, 3.63) is 88.2 Å². The molecule has 192 valence electrons. The molecule has 0 saturated heterocycles. The number of fused-ring (bicyclic) bond motifs is 1. The summed E-state index contributed by atoms with van der Waals surface area (Å²) in [6.45, 7) is 3.90. The summed E-state index contributed by atoms with van der Waals surface area (Å²) < 4.78 is 45.6. The monoisotopic (exact) mass is 511 g/mol. The van der Waals surface area contributed by atoms with Crippen LogP contribution in [-0.4, -0.2) is 28.9 Å². The number of benzene rings is 3. The number of amides is 2. The van der Waals surface area contributed by atoms with E-state index in [1.165, 1.54) is 31.4 Å². The minimum absolute atomic E-state index is 0.00679. The molecule has 0 saturated carbocycles. The number of aromatic amines is 1. The molecule has 2 amide bonds. The molecule has 8 nitrogen and oxygen atoms in total. The zero-order valence-corrected chi connectivity index (χ0v) is 20.2. The first-order valence-corrected chi connectivity index (χ1v) is 11.1. The number of halogens is 3. The minimum Gasteiger partial charge on any atom is -0.377 e. The van der Waals surface area contributed by atoms with Gasteiger partial charge in [0.2, 0.25) is 0 Å². The average Bonchev–Trinajstić information content (AvgIpc) is 3.24. The van der Waals surface area contributed by atoms with Gasteiger partial charge in [-0.3, -0.25) is 9.59 Å². The number of anilines is 2. The lowest BCUT2D eigenvalue weighted by Crippen LogP contribution is -2.38. The Balaban J connectivity index is 1.78. The van der Waals surface area contributed by atoms with Gasteiger partial charge >= 0.3 is 6.18 Å². The number of methoxy groups -OCH3 is 1. The molecule has 3 aromatic carbocycles. The predicted octanol–water partition coefficient (Wildman–Crippen LogP) is 5.12. The van der Waals surface area contributed by atoms with Crippen LogP contribution in [-0.2, 0) is 17.5 Å². The van der Waals surface area contributed by atoms with Gasteiger partial charge < -0.3 is 15.0 Å². The highest BCUT2D eigenvalue weighted by molar-refractivity contribution is 6.14. The molecular formula is C26H24F3N5O3. The third-order valence-corrected chi connectivity index (χ3v) is 5.59. The number of hydrazine groups is 1. The SMILES string of the molecule is COCc1nc2c(C(=O)Nc3cc(C)cc(C)c3)cc(N(N)C(=O)c3ccccc3C(F)(F)F)cc2[nH]1. The van der Waals surface area contributed by atoms with Crippen LogP contribution in [0.1, 0.15) is 43.2 Å². The summed E-state index contributed by atoms with van der Waals surface area (Å²) in [7, 11) is 1.48. The number of alkyl halides is 3. The predicted molar refractivity (Wildman–Crippen MR) is 133 cm³/mol. The van der Waals surface area contributed by atoms with E-state index in [0.29, 0.717) is 22.0 Å². The molecule has 4 aromatic rings. The van der Waals surface area contributed by atoms with Crippen molar-refractivity contribution in [3.8, 4) is 0 Å². The van der Waals surface area contributed by atoms with E-state index >= 15 is 0 Å². The van der Waals surface area contributed by atoms with Gasteiger partial charge in [-0.25, -0.2) is 15.8 Å². The van der Waals surface area contributed by atoms with Gasteiger partial charge in [-0.15, -0.1) is 0 Å². The van der Waals surface area contributed by atoms with Crippen molar-refractivity contribution in [1.82, 2.24) is 9.97 Å². The van der Waals surface area contributed by atoms with E-state index in [4.69, 9.17) is 10.6 Å². The molecule has 4 rings (SSSR count). The van der Waals surface area contributed by atoms with E-state index in [0.717, 1.165) is 23.3 Å². The Morgan fingerprint density at radius 2 is 1.73 bits per heavy atom. The van der Waals surface area contributed by atoms with Crippen LogP contribution in [0.15, 0.2) is 54.6 Å². The molecule has 4 N–H and O–H groups in total. The summed E-state index contributed by atoms with van der Waals surface area (Å²) in [5.74, 6) is 4.80. The first-order chi connectivity index (χ1) is 17.5. The maximum absolute atomic E-state index is 13.5. The van der Waals surface area contributed by atoms with Crippen LogP contribution in [0, 0.1) is 13.8 Å². The zero-order valence-electron chi connectivity index (χ0n) is 20.2. The number of imidazole rings is 1. The molecular weight excluding hydrogens is 487 g/mol. The summed E-state index contributed by atoms with van der Waals surface area (Å²) in [5, 5.41) is 3.39. The molecule has 0 aliphatic carbocycles. The Morgan fingerprint density at radius 1 is 1.05 bits per heavy atom. The van der Waals surface area contributed by atoms with Crippen molar-refractivity contribution >= 4 is 34.2 Å². The number of hydrogen-bond donors (Lipinski definition) is 3. The number of ether oxygens (including phenoxy) is 1. The third kappa shape index (κ3) is 5.47. The van der Waals surface area contributed by atoms with Crippen LogP contribution in [0.25, 0.3) is 11.0 Å². The molecule has 11 heteroatoms. The van der Waals surface area contributed by atoms with Crippen molar-refractivity contribution in [2.75, 3.05) is 17.4 Å². The molecule has 0 unspecified atom stereocenters. The van der Waals surface area contributed by atoms with E-state index in [1.807, 2.05) is 19.9 Å². The average molecular weight is 512 g/mol. The summed E-state index contributed by atoms with van der Waals surface area (Å²) in [6.07, 6.45) is -4.76. The second-order valence-electron chi connectivity index (χ2n) is 8.56. The van der Waals surface area contributed by atoms with Crippen LogP contribution in [0.2, 0.25) is 0 Å². The van der Waals surface area contributed by atoms with E-state index < -0.39 is 29.1 Å². The lowest BCUT2D eigenvalue weighted by molar-refractivity contribution is -0.137. The number of carbonyl (C=O) groups excluding carboxylic acids is 2. The van der Waals surface area contributed by atoms with Gasteiger partial charge in [0.15, 0.2) is 0 Å². The normalized spacial score (nSPS) is 11.5. The minimum atomic E-state index is -4.76. The van der Waals surface area contributed by atoms with E-state index in [2.05, 4.69) is 15.3 Å². The highest BCUT2D eigenvalue weighted by Crippen LogP contribution is 2.33. The molecule has 0 radical (unpaired) electrons. The molecule has 1 heterocycles. The number of aromatic nitrogens is 2. The number of nitrogens with one attached hydrogen (secondary N) is 2. The van der Waals surface area contributed by atoms with Gasteiger partial charge in [-0.05, 0) is 61.4 Å². The highest BCUT2D eigenvalue weighted by atomic mass is 19.4. The van der Waals surface area contributed by atoms with Crippen molar-refractivity contribution in [3.63, 3.8) is 0 Å². The Hall–Kier alpha value is -4.22. The van der Waals surface area contributed by atoms with E-state index in [9.17, 15) is 22.8 Å². The third-order valence-electron chi connectivity index (χ3n) is 5.59. The van der Waals surface area contributed by atoms with Crippen LogP contribution < -0.4 is 16.2 Å². The van der Waals surface area contributed by atoms with Gasteiger partial charge in [-0.2, -0.15) is 13.2 Å². The van der Waals surface area contributed by atoms with E-state index in [1.54, 1.807) is 12.1 Å². The lowest BCUT2D eigenvalue weighted by Gasteiger charge is -2.20. The lowest BCUT2D eigenvalue weighted by atomic mass is 10.1. The van der Waals surface area contributed by atoms with Crippen LogP contribution in [0.5, 0.6) is 0 Å². The standard InChI is InChI=1S/C26H24F3N5O3/c1-14-8-15(2)10-16(9-14)31-24(35)19-11-17(12-21-23(19)33-22(32-21)13-37-3)34(30)25(36)18-6-4-5-7-20(18)26(27,28)29/h4-12H,13,30H2,1-3H3,(H,31,35)(H,32,33). The number of rotatable bonds is 6. The van der Waals surface area contributed by atoms with Crippen LogP contribution in [0.3, 0.4) is 0 Å². The molecule has 0 bridgehead atoms. The van der Waals surface area contributed by atoms with Crippen LogP contribution in [0.4, 0.5) is 24.5 Å². The van der Waals surface area contributed by atoms with Gasteiger partial charge in [0, 0.05) is 12.8 Å². The largest absolute Gasteiger partial charge is 0.417 e. The first kappa shape index (κ1) is 25.9. The molecule has 0 fully saturated rings. The molecule has 0 spiro atoms. The highest BCUT2D eigenvalue weighted by Gasteiger charge is 2.36. The number of aryl methyl sites for hydroxylation is 2. The fourth-order valence-electron chi connectivity index (χ4n) is 4.08. The molecule has 0 atom stereocenters. The molecule has 0 aliphatic heterocycles. The number of carbonyl (C=O) groups is 2. The molecule has 0 aliphatic rings. The Bertz CT molecular complexity index is 1480. The number of nitrogens with two attached hydrogens (primary N) is 1. The maximum atomic E-state index is 13.5. The molecule has 37 heavy (non-hydrogen) atoms. The van der Waals surface area contributed by atoms with Crippen molar-refractivity contribution in [1.29, 1.82) is 0 Å². The topological polar surface area (TPSA) is 113 Å². The quantitative estimate of drug-likeness (QED) is 0.189.